The van der Waals surface area contributed by atoms with Crippen LogP contribution < -0.4 is 0 Å². The minimum absolute atomic E-state index is 0.0907. The van der Waals surface area contributed by atoms with Crippen LogP contribution >= 0.6 is 11.6 Å². The van der Waals surface area contributed by atoms with E-state index in [0.717, 1.165) is 23.8 Å². The van der Waals surface area contributed by atoms with Gasteiger partial charge in [-0.2, -0.15) is 10.4 Å². The van der Waals surface area contributed by atoms with E-state index >= 15 is 0 Å². The van der Waals surface area contributed by atoms with E-state index in [0.29, 0.717) is 17.1 Å². The molecule has 0 aliphatic carbocycles. The van der Waals surface area contributed by atoms with E-state index in [4.69, 9.17) is 21.3 Å². The second-order valence-corrected chi connectivity index (χ2v) is 13.6. The van der Waals surface area contributed by atoms with Crippen LogP contribution in [0.4, 0.5) is 0 Å². The summed E-state index contributed by atoms with van der Waals surface area (Å²) >= 11 is 6.22. The zero-order valence-corrected chi connectivity index (χ0v) is 18.7. The molecule has 146 valence electrons. The van der Waals surface area contributed by atoms with Gasteiger partial charge in [0.05, 0.1) is 22.9 Å². The van der Waals surface area contributed by atoms with Crippen molar-refractivity contribution in [1.29, 1.82) is 5.26 Å². The van der Waals surface area contributed by atoms with Crippen molar-refractivity contribution in [3.8, 4) is 6.07 Å². The predicted octanol–water partition coefficient (Wildman–Crippen LogP) is 4.52. The van der Waals surface area contributed by atoms with Gasteiger partial charge in [0.2, 0.25) is 0 Å². The molecule has 0 aromatic heterocycles. The van der Waals surface area contributed by atoms with Crippen LogP contribution in [0.3, 0.4) is 0 Å². The Morgan fingerprint density at radius 2 is 2.07 bits per heavy atom. The van der Waals surface area contributed by atoms with Crippen LogP contribution in [0.5, 0.6) is 0 Å². The lowest BCUT2D eigenvalue weighted by Gasteiger charge is -2.39. The van der Waals surface area contributed by atoms with Gasteiger partial charge in [0.1, 0.15) is 18.4 Å². The molecule has 0 spiro atoms. The summed E-state index contributed by atoms with van der Waals surface area (Å²) in [5.41, 5.74) is 2.08. The Morgan fingerprint density at radius 3 is 2.63 bits per heavy atom. The van der Waals surface area contributed by atoms with E-state index in [-0.39, 0.29) is 17.2 Å². The van der Waals surface area contributed by atoms with Crippen LogP contribution in [0.1, 0.15) is 43.9 Å². The minimum Gasteiger partial charge on any atom is -0.411 e. The van der Waals surface area contributed by atoms with E-state index in [1.807, 2.05) is 13.0 Å². The van der Waals surface area contributed by atoms with Gasteiger partial charge in [-0.3, -0.25) is 5.01 Å². The molecule has 1 aromatic rings. The average molecular weight is 406 g/mol. The lowest BCUT2D eigenvalue weighted by Crippen LogP contribution is -2.47. The van der Waals surface area contributed by atoms with Gasteiger partial charge in [0.15, 0.2) is 8.32 Å². The summed E-state index contributed by atoms with van der Waals surface area (Å²) in [6, 6.07) is 5.19. The first-order valence-corrected chi connectivity index (χ1v) is 12.4. The highest BCUT2D eigenvalue weighted by Gasteiger charge is 2.43. The first-order valence-electron chi connectivity index (χ1n) is 9.15. The van der Waals surface area contributed by atoms with Crippen molar-refractivity contribution in [3.63, 3.8) is 0 Å². The highest BCUT2D eigenvalue weighted by atomic mass is 35.5. The molecule has 2 atom stereocenters. The van der Waals surface area contributed by atoms with Crippen molar-refractivity contribution >= 4 is 32.4 Å². The molecular weight excluding hydrogens is 378 g/mol. The maximum absolute atomic E-state index is 11.7. The fourth-order valence-electron chi connectivity index (χ4n) is 2.81. The van der Waals surface area contributed by atoms with Gasteiger partial charge in [0.25, 0.3) is 0 Å². The van der Waals surface area contributed by atoms with Gasteiger partial charge in [-0.05, 0) is 48.7 Å². The molecule has 0 N–H and O–H groups in total. The molecule has 1 saturated heterocycles. The molecule has 1 aromatic carbocycles. The summed E-state index contributed by atoms with van der Waals surface area (Å²) in [4.78, 5) is 11.7. The molecule has 1 aliphatic heterocycles. The summed E-state index contributed by atoms with van der Waals surface area (Å²) in [6.45, 7) is 13.5. The lowest BCUT2D eigenvalue weighted by atomic mass is 10.1. The Labute approximate surface area is 168 Å². The molecule has 1 fully saturated rings. The smallest absolute Gasteiger partial charge is 0.192 e. The molecule has 27 heavy (non-hydrogen) atoms. The van der Waals surface area contributed by atoms with Gasteiger partial charge in [-0.25, -0.2) is 0 Å². The van der Waals surface area contributed by atoms with Crippen LogP contribution in [0, 0.1) is 18.3 Å². The second-order valence-electron chi connectivity index (χ2n) is 8.49. The van der Waals surface area contributed by atoms with Crippen molar-refractivity contribution in [1.82, 2.24) is 5.01 Å². The summed E-state index contributed by atoms with van der Waals surface area (Å²) in [6.07, 6.45) is 3.28. The Morgan fingerprint density at radius 1 is 1.41 bits per heavy atom. The third-order valence-electron chi connectivity index (χ3n) is 5.65. The van der Waals surface area contributed by atoms with E-state index in [1.165, 1.54) is 0 Å². The molecule has 2 rings (SSSR count). The van der Waals surface area contributed by atoms with Crippen molar-refractivity contribution in [2.24, 2.45) is 5.10 Å². The van der Waals surface area contributed by atoms with Crippen molar-refractivity contribution in [2.45, 2.75) is 64.4 Å². The zero-order valence-electron chi connectivity index (χ0n) is 16.9. The van der Waals surface area contributed by atoms with Crippen LogP contribution in [0.2, 0.25) is 23.2 Å². The van der Waals surface area contributed by atoms with Gasteiger partial charge in [-0.1, -0.05) is 38.4 Å². The first-order chi connectivity index (χ1) is 12.5. The number of halogens is 1. The van der Waals surface area contributed by atoms with Crippen molar-refractivity contribution < 1.29 is 9.22 Å². The van der Waals surface area contributed by atoms with Crippen LogP contribution in [-0.4, -0.2) is 44.5 Å². The molecule has 5 nitrogen and oxygen atoms in total. The fourth-order valence-corrected chi connectivity index (χ4v) is 4.39. The Hall–Kier alpha value is -1.68. The number of nitriles is 1. The normalized spacial score (nSPS) is 20.9. The van der Waals surface area contributed by atoms with Gasteiger partial charge < -0.3 is 9.22 Å². The molecule has 7 heteroatoms. The van der Waals surface area contributed by atoms with E-state index in [9.17, 15) is 4.79 Å². The van der Waals surface area contributed by atoms with Crippen LogP contribution in [-0.2, 0) is 9.22 Å². The number of rotatable bonds is 5. The fraction of sp³-hybridized carbons (Fsp3) is 0.550. The SMILES string of the molecule is Cc1c(/C=N\N2CC[C@H](O[Si](C)(C)C(C)(C)C)[C@H]2C=O)ccc(C#N)c1Cl. The number of carbonyl (C=O) groups excluding carboxylic acids is 1. The summed E-state index contributed by atoms with van der Waals surface area (Å²) in [5, 5.41) is 15.9. The summed E-state index contributed by atoms with van der Waals surface area (Å²) in [5.74, 6) is 0. The monoisotopic (exact) mass is 405 g/mol. The number of hydrogen-bond donors (Lipinski definition) is 0. The summed E-state index contributed by atoms with van der Waals surface area (Å²) < 4.78 is 6.46. The number of aldehydes is 1. The Balaban J connectivity index is 2.17. The third-order valence-corrected chi connectivity index (χ3v) is 10.6. The quantitative estimate of drug-likeness (QED) is 0.410. The van der Waals surface area contributed by atoms with Gasteiger partial charge in [-0.15, -0.1) is 0 Å². The number of carbonyl (C=O) groups is 1. The van der Waals surface area contributed by atoms with Crippen molar-refractivity contribution in [2.75, 3.05) is 6.54 Å². The number of hydrazone groups is 1. The molecule has 0 amide bonds. The topological polar surface area (TPSA) is 65.7 Å². The highest BCUT2D eigenvalue weighted by molar-refractivity contribution is 6.74. The average Bonchev–Trinajstić information content (AvgIpc) is 2.96. The Bertz CT molecular complexity index is 781. The minimum atomic E-state index is -1.96. The largest absolute Gasteiger partial charge is 0.411 e. The Kier molecular flexibility index (Phi) is 6.51. The maximum Gasteiger partial charge on any atom is 0.192 e. The van der Waals surface area contributed by atoms with E-state index in [1.54, 1.807) is 17.3 Å². The van der Waals surface area contributed by atoms with Gasteiger partial charge in [0, 0.05) is 6.54 Å². The standard InChI is InChI=1S/C20H28ClN3O2Si/c1-14-16(8-7-15(11-22)19(14)21)12-23-24-10-9-18(17(24)13-25)26-27(5,6)20(2,3)4/h7-8,12-13,17-18H,9-10H2,1-6H3/b23-12-/t17-,18+/m1/s1. The van der Waals surface area contributed by atoms with Crippen molar-refractivity contribution in [3.05, 3.63) is 33.8 Å². The number of benzene rings is 1. The predicted molar refractivity (Wildman–Crippen MR) is 112 cm³/mol. The molecule has 0 unspecified atom stereocenters. The number of nitrogens with zero attached hydrogens (tertiary/aromatic N) is 3. The first kappa shape index (κ1) is 21.6. The second kappa shape index (κ2) is 8.13. The molecule has 0 bridgehead atoms. The summed E-state index contributed by atoms with van der Waals surface area (Å²) in [7, 11) is -1.96. The van der Waals surface area contributed by atoms with Crippen LogP contribution in [0.25, 0.3) is 0 Å². The molecular formula is C20H28ClN3O2Si. The molecule has 0 radical (unpaired) electrons. The molecule has 0 saturated carbocycles. The highest BCUT2D eigenvalue weighted by Crippen LogP contribution is 2.39. The van der Waals surface area contributed by atoms with Crippen LogP contribution in [0.15, 0.2) is 17.2 Å². The van der Waals surface area contributed by atoms with E-state index < -0.39 is 8.32 Å². The molecule has 1 heterocycles. The van der Waals surface area contributed by atoms with Gasteiger partial charge >= 0.3 is 0 Å². The lowest BCUT2D eigenvalue weighted by molar-refractivity contribution is -0.113. The number of hydrogen-bond acceptors (Lipinski definition) is 5. The third kappa shape index (κ3) is 4.60. The molecule has 1 aliphatic rings. The zero-order chi connectivity index (χ0) is 20.4. The van der Waals surface area contributed by atoms with E-state index in [2.05, 4.69) is 45.0 Å². The maximum atomic E-state index is 11.7.